The number of amides is 1. The average molecular weight is 243 g/mol. The van der Waals surface area contributed by atoms with E-state index in [-0.39, 0.29) is 23.0 Å². The molecular formula is C14H13NO3. The molecule has 4 heteroatoms. The summed E-state index contributed by atoms with van der Waals surface area (Å²) in [4.78, 5) is 11.9. The number of carbonyl (C=O) groups excluding carboxylic acids is 1. The lowest BCUT2D eigenvalue weighted by atomic mass is 10.1. The number of hydrogen-bond acceptors (Lipinski definition) is 3. The zero-order valence-corrected chi connectivity index (χ0v) is 9.84. The van der Waals surface area contributed by atoms with Crippen molar-refractivity contribution in [1.29, 1.82) is 0 Å². The van der Waals surface area contributed by atoms with Gasteiger partial charge >= 0.3 is 0 Å². The first-order chi connectivity index (χ1) is 8.56. The molecule has 0 heterocycles. The standard InChI is InChI=1S/C14H13NO3/c1-9-2-5-11(6-3-9)15-14(18)10-4-7-12(16)13(17)8-10/h2-8,16-17H,1H3,(H,15,18). The molecule has 3 N–H and O–H groups in total. The molecule has 2 aromatic rings. The molecule has 1 amide bonds. The quantitative estimate of drug-likeness (QED) is 0.710. The molecule has 0 aliphatic carbocycles. The number of carbonyl (C=O) groups is 1. The smallest absolute Gasteiger partial charge is 0.255 e. The van der Waals surface area contributed by atoms with Crippen LogP contribution in [0.5, 0.6) is 11.5 Å². The fourth-order valence-corrected chi connectivity index (χ4v) is 1.50. The summed E-state index contributed by atoms with van der Waals surface area (Å²) in [5.41, 5.74) is 2.07. The second-order valence-electron chi connectivity index (χ2n) is 4.02. The highest BCUT2D eigenvalue weighted by Crippen LogP contribution is 2.25. The molecule has 0 saturated heterocycles. The Bertz CT molecular complexity index is 576. The highest BCUT2D eigenvalue weighted by atomic mass is 16.3. The molecule has 0 aliphatic rings. The maximum absolute atomic E-state index is 11.9. The molecule has 0 bridgehead atoms. The zero-order chi connectivity index (χ0) is 13.1. The van der Waals surface area contributed by atoms with Crippen molar-refractivity contribution >= 4 is 11.6 Å². The molecule has 4 nitrogen and oxygen atoms in total. The van der Waals surface area contributed by atoms with Crippen LogP contribution in [0.15, 0.2) is 42.5 Å². The Morgan fingerprint density at radius 3 is 2.28 bits per heavy atom. The summed E-state index contributed by atoms with van der Waals surface area (Å²) >= 11 is 0. The third-order valence-electron chi connectivity index (χ3n) is 2.55. The van der Waals surface area contributed by atoms with Crippen molar-refractivity contribution in [1.82, 2.24) is 0 Å². The molecule has 0 aliphatic heterocycles. The lowest BCUT2D eigenvalue weighted by molar-refractivity contribution is 0.102. The topological polar surface area (TPSA) is 69.6 Å². The van der Waals surface area contributed by atoms with Crippen LogP contribution in [0.2, 0.25) is 0 Å². The molecular weight excluding hydrogens is 230 g/mol. The fourth-order valence-electron chi connectivity index (χ4n) is 1.50. The minimum atomic E-state index is -0.339. The highest BCUT2D eigenvalue weighted by molar-refractivity contribution is 6.04. The Morgan fingerprint density at radius 2 is 1.67 bits per heavy atom. The van der Waals surface area contributed by atoms with Gasteiger partial charge < -0.3 is 15.5 Å². The van der Waals surface area contributed by atoms with E-state index in [1.165, 1.54) is 18.2 Å². The van der Waals surface area contributed by atoms with E-state index in [2.05, 4.69) is 5.32 Å². The summed E-state index contributed by atoms with van der Waals surface area (Å²) in [5.74, 6) is -0.900. The monoisotopic (exact) mass is 243 g/mol. The van der Waals surface area contributed by atoms with Gasteiger partial charge in [-0.25, -0.2) is 0 Å². The zero-order valence-electron chi connectivity index (χ0n) is 9.84. The predicted molar refractivity (Wildman–Crippen MR) is 68.9 cm³/mol. The van der Waals surface area contributed by atoms with Gasteiger partial charge in [0.15, 0.2) is 11.5 Å². The van der Waals surface area contributed by atoms with Crippen LogP contribution in [-0.4, -0.2) is 16.1 Å². The summed E-state index contributed by atoms with van der Waals surface area (Å²) in [7, 11) is 0. The molecule has 0 atom stereocenters. The van der Waals surface area contributed by atoms with Crippen LogP contribution in [0, 0.1) is 6.92 Å². The number of phenols is 2. The van der Waals surface area contributed by atoms with E-state index < -0.39 is 0 Å². The van der Waals surface area contributed by atoms with Crippen molar-refractivity contribution in [2.75, 3.05) is 5.32 Å². The van der Waals surface area contributed by atoms with Gasteiger partial charge in [-0.05, 0) is 37.3 Å². The van der Waals surface area contributed by atoms with E-state index in [0.29, 0.717) is 5.69 Å². The summed E-state index contributed by atoms with van der Waals surface area (Å²) in [5, 5.41) is 21.2. The van der Waals surface area contributed by atoms with Crippen molar-refractivity contribution in [2.45, 2.75) is 6.92 Å². The first kappa shape index (κ1) is 12.0. The van der Waals surface area contributed by atoms with Gasteiger partial charge in [-0.3, -0.25) is 4.79 Å². The third kappa shape index (κ3) is 2.60. The van der Waals surface area contributed by atoms with Gasteiger partial charge in [0.1, 0.15) is 0 Å². The van der Waals surface area contributed by atoms with Crippen LogP contribution in [0.3, 0.4) is 0 Å². The van der Waals surface area contributed by atoms with Crippen molar-refractivity contribution in [3.8, 4) is 11.5 Å². The second-order valence-corrected chi connectivity index (χ2v) is 4.02. The molecule has 0 radical (unpaired) electrons. The number of benzene rings is 2. The van der Waals surface area contributed by atoms with E-state index in [4.69, 9.17) is 5.11 Å². The molecule has 92 valence electrons. The van der Waals surface area contributed by atoms with Crippen molar-refractivity contribution in [3.63, 3.8) is 0 Å². The normalized spacial score (nSPS) is 10.1. The Labute approximate surface area is 105 Å². The molecule has 0 spiro atoms. The van der Waals surface area contributed by atoms with Crippen LogP contribution in [0.25, 0.3) is 0 Å². The van der Waals surface area contributed by atoms with Crippen LogP contribution in [-0.2, 0) is 0 Å². The van der Waals surface area contributed by atoms with Gasteiger partial charge in [-0.1, -0.05) is 17.7 Å². The molecule has 0 unspecified atom stereocenters. The Morgan fingerprint density at radius 1 is 1.00 bits per heavy atom. The molecule has 0 saturated carbocycles. The Hall–Kier alpha value is -2.49. The summed E-state index contributed by atoms with van der Waals surface area (Å²) in [6, 6.07) is 11.3. The Kier molecular flexibility index (Phi) is 3.19. The first-order valence-electron chi connectivity index (χ1n) is 5.46. The summed E-state index contributed by atoms with van der Waals surface area (Å²) in [6.07, 6.45) is 0. The fraction of sp³-hybridized carbons (Fsp3) is 0.0714. The van der Waals surface area contributed by atoms with Gasteiger partial charge in [0, 0.05) is 11.3 Å². The van der Waals surface area contributed by atoms with E-state index >= 15 is 0 Å². The third-order valence-corrected chi connectivity index (χ3v) is 2.55. The van der Waals surface area contributed by atoms with Crippen LogP contribution >= 0.6 is 0 Å². The maximum Gasteiger partial charge on any atom is 0.255 e. The van der Waals surface area contributed by atoms with E-state index in [9.17, 15) is 9.90 Å². The Balaban J connectivity index is 2.16. The molecule has 2 aromatic carbocycles. The predicted octanol–water partition coefficient (Wildman–Crippen LogP) is 2.66. The van der Waals surface area contributed by atoms with Crippen molar-refractivity contribution in [3.05, 3.63) is 53.6 Å². The number of aryl methyl sites for hydroxylation is 1. The highest BCUT2D eigenvalue weighted by Gasteiger charge is 2.08. The van der Waals surface area contributed by atoms with Crippen molar-refractivity contribution in [2.24, 2.45) is 0 Å². The van der Waals surface area contributed by atoms with Gasteiger partial charge in [-0.15, -0.1) is 0 Å². The van der Waals surface area contributed by atoms with Gasteiger partial charge in [0.2, 0.25) is 0 Å². The van der Waals surface area contributed by atoms with Crippen molar-refractivity contribution < 1.29 is 15.0 Å². The van der Waals surface area contributed by atoms with E-state index in [1.54, 1.807) is 12.1 Å². The first-order valence-corrected chi connectivity index (χ1v) is 5.46. The lowest BCUT2D eigenvalue weighted by Crippen LogP contribution is -2.11. The van der Waals surface area contributed by atoms with Crippen LogP contribution in [0.4, 0.5) is 5.69 Å². The summed E-state index contributed by atoms with van der Waals surface area (Å²) < 4.78 is 0. The molecule has 0 aromatic heterocycles. The minimum Gasteiger partial charge on any atom is -0.504 e. The number of hydrogen-bond donors (Lipinski definition) is 3. The lowest BCUT2D eigenvalue weighted by Gasteiger charge is -2.06. The number of nitrogens with one attached hydrogen (secondary N) is 1. The van der Waals surface area contributed by atoms with E-state index in [1.807, 2.05) is 19.1 Å². The largest absolute Gasteiger partial charge is 0.504 e. The number of rotatable bonds is 2. The molecule has 0 fully saturated rings. The van der Waals surface area contributed by atoms with Crippen LogP contribution in [0.1, 0.15) is 15.9 Å². The SMILES string of the molecule is Cc1ccc(NC(=O)c2ccc(O)c(O)c2)cc1. The summed E-state index contributed by atoms with van der Waals surface area (Å²) in [6.45, 7) is 1.96. The number of anilines is 1. The minimum absolute atomic E-state index is 0.248. The average Bonchev–Trinajstić information content (AvgIpc) is 2.35. The number of phenolic OH excluding ortho intramolecular Hbond substituents is 2. The molecule has 18 heavy (non-hydrogen) atoms. The maximum atomic E-state index is 11.9. The van der Waals surface area contributed by atoms with Crippen LogP contribution < -0.4 is 5.32 Å². The number of aromatic hydroxyl groups is 2. The van der Waals surface area contributed by atoms with Gasteiger partial charge in [0.05, 0.1) is 0 Å². The second kappa shape index (κ2) is 4.79. The van der Waals surface area contributed by atoms with Gasteiger partial charge in [0.25, 0.3) is 5.91 Å². The van der Waals surface area contributed by atoms with E-state index in [0.717, 1.165) is 5.56 Å². The van der Waals surface area contributed by atoms with Gasteiger partial charge in [-0.2, -0.15) is 0 Å². The molecule has 2 rings (SSSR count).